The van der Waals surface area contributed by atoms with Gasteiger partial charge in [-0.2, -0.15) is 0 Å². The van der Waals surface area contributed by atoms with E-state index in [1.165, 1.54) is 6.42 Å². The second kappa shape index (κ2) is 8.18. The number of amides is 2. The number of fused-ring (bicyclic) bond motifs is 5. The summed E-state index contributed by atoms with van der Waals surface area (Å²) < 4.78 is 5.45. The molecule has 4 aliphatic rings. The van der Waals surface area contributed by atoms with Crippen LogP contribution in [0.25, 0.3) is 0 Å². The molecular formula is C28H38N2O3. The van der Waals surface area contributed by atoms with Gasteiger partial charge in [0.2, 0.25) is 11.8 Å². The first-order valence-corrected chi connectivity index (χ1v) is 12.8. The smallest absolute Gasteiger partial charge is 0.246 e. The van der Waals surface area contributed by atoms with Crippen LogP contribution >= 0.6 is 0 Å². The number of nitrogens with one attached hydrogen (secondary N) is 1. The van der Waals surface area contributed by atoms with E-state index in [4.69, 9.17) is 4.74 Å². The standard InChI is InChI=1S/C28H38N2O3/c1-5-30-24-13-10-18-19-11-12-21(26(32)29-22-8-6-7-9-23(22)33-4)27(19,2)16-14-20(18)28(24,3)17-15-25(30)31/h6-9,15,17-21,24H,5,10-14,16H2,1-4H3,(H,29,32)/t18-,19-,20-,21+,24+,27-,28+/m0/s1. The van der Waals surface area contributed by atoms with E-state index in [0.717, 1.165) is 44.3 Å². The zero-order valence-electron chi connectivity index (χ0n) is 20.5. The normalized spacial score (nSPS) is 39.5. The lowest BCUT2D eigenvalue weighted by molar-refractivity contribution is -0.143. The number of hydrogen-bond acceptors (Lipinski definition) is 3. The number of benzene rings is 1. The maximum absolute atomic E-state index is 13.5. The number of hydrogen-bond donors (Lipinski definition) is 1. The van der Waals surface area contributed by atoms with Gasteiger partial charge in [0.1, 0.15) is 5.75 Å². The molecule has 0 saturated heterocycles. The van der Waals surface area contributed by atoms with E-state index in [0.29, 0.717) is 29.5 Å². The van der Waals surface area contributed by atoms with Crippen LogP contribution in [0, 0.1) is 34.5 Å². The number of nitrogens with zero attached hydrogens (tertiary/aromatic N) is 1. The summed E-state index contributed by atoms with van der Waals surface area (Å²) in [5.41, 5.74) is 0.844. The SMILES string of the molecule is CCN1C(=O)C=C[C@]2(C)[C@H]3CC[C@]4(C)[C@@H](C(=O)Nc5ccccc5OC)CC[C@H]4[C@@H]3CC[C@@H]12. The molecule has 0 spiro atoms. The highest BCUT2D eigenvalue weighted by Gasteiger charge is 2.61. The molecule has 7 atom stereocenters. The van der Waals surface area contributed by atoms with Crippen LogP contribution in [0.15, 0.2) is 36.4 Å². The van der Waals surface area contributed by atoms with Crippen LogP contribution in [0.5, 0.6) is 5.75 Å². The Bertz CT molecular complexity index is 974. The van der Waals surface area contributed by atoms with Crippen LogP contribution in [-0.2, 0) is 9.59 Å². The quantitative estimate of drug-likeness (QED) is 0.679. The third-order valence-electron chi connectivity index (χ3n) is 9.99. The highest BCUT2D eigenvalue weighted by molar-refractivity contribution is 5.94. The fraction of sp³-hybridized carbons (Fsp3) is 0.643. The summed E-state index contributed by atoms with van der Waals surface area (Å²) in [7, 11) is 1.64. The molecule has 3 aliphatic carbocycles. The summed E-state index contributed by atoms with van der Waals surface area (Å²) in [5, 5.41) is 3.19. The van der Waals surface area contributed by atoms with Crippen molar-refractivity contribution in [1.29, 1.82) is 0 Å². The number of methoxy groups -OCH3 is 1. The van der Waals surface area contributed by atoms with Crippen molar-refractivity contribution in [2.45, 2.75) is 65.3 Å². The number of para-hydroxylation sites is 2. The maximum atomic E-state index is 13.5. The van der Waals surface area contributed by atoms with Crippen molar-refractivity contribution in [2.24, 2.45) is 34.5 Å². The van der Waals surface area contributed by atoms with Crippen LogP contribution in [0.4, 0.5) is 5.69 Å². The molecule has 1 heterocycles. The van der Waals surface area contributed by atoms with Crippen molar-refractivity contribution in [1.82, 2.24) is 4.90 Å². The van der Waals surface area contributed by atoms with E-state index in [2.05, 4.69) is 37.1 Å². The predicted molar refractivity (Wildman–Crippen MR) is 130 cm³/mol. The Morgan fingerprint density at radius 2 is 1.91 bits per heavy atom. The molecule has 0 unspecified atom stereocenters. The van der Waals surface area contributed by atoms with Gasteiger partial charge in [-0.15, -0.1) is 0 Å². The zero-order valence-corrected chi connectivity index (χ0v) is 20.5. The van der Waals surface area contributed by atoms with Crippen LogP contribution in [0.3, 0.4) is 0 Å². The molecule has 5 rings (SSSR count). The third-order valence-corrected chi connectivity index (χ3v) is 9.99. The third kappa shape index (κ3) is 3.33. The minimum atomic E-state index is 0.0366. The zero-order chi connectivity index (χ0) is 23.4. The van der Waals surface area contributed by atoms with Gasteiger partial charge in [0.25, 0.3) is 0 Å². The average molecular weight is 451 g/mol. The number of anilines is 1. The fourth-order valence-corrected chi connectivity index (χ4v) is 8.37. The van der Waals surface area contributed by atoms with E-state index in [9.17, 15) is 9.59 Å². The molecule has 0 bridgehead atoms. The minimum Gasteiger partial charge on any atom is -0.495 e. The summed E-state index contributed by atoms with van der Waals surface area (Å²) >= 11 is 0. The predicted octanol–water partition coefficient (Wildman–Crippen LogP) is 5.28. The first-order chi connectivity index (χ1) is 15.8. The maximum Gasteiger partial charge on any atom is 0.246 e. The van der Waals surface area contributed by atoms with Crippen LogP contribution in [0.2, 0.25) is 0 Å². The van der Waals surface area contributed by atoms with Crippen LogP contribution in [-0.4, -0.2) is 36.4 Å². The van der Waals surface area contributed by atoms with Gasteiger partial charge in [-0.1, -0.05) is 32.1 Å². The number of ether oxygens (including phenoxy) is 1. The lowest BCUT2D eigenvalue weighted by Gasteiger charge is -2.60. The second-order valence-electron chi connectivity index (χ2n) is 11.2. The Balaban J connectivity index is 1.38. The molecule has 2 amide bonds. The molecule has 33 heavy (non-hydrogen) atoms. The monoisotopic (exact) mass is 450 g/mol. The Labute approximate surface area is 197 Å². The molecular weight excluding hydrogens is 412 g/mol. The Morgan fingerprint density at radius 3 is 2.67 bits per heavy atom. The molecule has 0 radical (unpaired) electrons. The Kier molecular flexibility index (Phi) is 5.57. The highest BCUT2D eigenvalue weighted by atomic mass is 16.5. The molecule has 1 N–H and O–H groups in total. The molecule has 5 heteroatoms. The van der Waals surface area contributed by atoms with Crippen molar-refractivity contribution >= 4 is 17.5 Å². The number of rotatable bonds is 4. The molecule has 5 nitrogen and oxygen atoms in total. The molecule has 1 aliphatic heterocycles. The Hall–Kier alpha value is -2.30. The first kappa shape index (κ1) is 22.5. The fourth-order valence-electron chi connectivity index (χ4n) is 8.37. The van der Waals surface area contributed by atoms with Gasteiger partial charge in [0, 0.05) is 23.9 Å². The van der Waals surface area contributed by atoms with Crippen molar-refractivity contribution in [3.8, 4) is 5.75 Å². The molecule has 178 valence electrons. The van der Waals surface area contributed by atoms with Crippen LogP contribution < -0.4 is 10.1 Å². The molecule has 1 aromatic carbocycles. The summed E-state index contributed by atoms with van der Waals surface area (Å²) in [4.78, 5) is 28.1. The van der Waals surface area contributed by atoms with Crippen molar-refractivity contribution in [3.05, 3.63) is 36.4 Å². The van der Waals surface area contributed by atoms with Gasteiger partial charge >= 0.3 is 0 Å². The van der Waals surface area contributed by atoms with Gasteiger partial charge in [0.05, 0.1) is 12.8 Å². The lowest BCUT2D eigenvalue weighted by Crippen LogP contribution is -2.60. The van der Waals surface area contributed by atoms with Gasteiger partial charge in [-0.25, -0.2) is 0 Å². The van der Waals surface area contributed by atoms with Gasteiger partial charge in [-0.05, 0) is 86.8 Å². The molecule has 3 fully saturated rings. The molecule has 1 aromatic rings. The number of carbonyl (C=O) groups is 2. The van der Waals surface area contributed by atoms with Gasteiger partial charge in [-0.3, -0.25) is 9.59 Å². The molecule has 3 saturated carbocycles. The van der Waals surface area contributed by atoms with E-state index in [-0.39, 0.29) is 28.6 Å². The van der Waals surface area contributed by atoms with Crippen molar-refractivity contribution in [3.63, 3.8) is 0 Å². The lowest BCUT2D eigenvalue weighted by atomic mass is 9.47. The summed E-state index contributed by atoms with van der Waals surface area (Å²) in [6.45, 7) is 7.65. The number of likely N-dealkylation sites (N-methyl/N-ethyl adjacent to an activating group) is 1. The van der Waals surface area contributed by atoms with E-state index in [1.54, 1.807) is 7.11 Å². The van der Waals surface area contributed by atoms with Crippen molar-refractivity contribution in [2.75, 3.05) is 19.0 Å². The number of carbonyl (C=O) groups excluding carboxylic acids is 2. The Morgan fingerprint density at radius 1 is 1.12 bits per heavy atom. The largest absolute Gasteiger partial charge is 0.495 e. The summed E-state index contributed by atoms with van der Waals surface area (Å²) in [6.07, 6.45) is 10.6. The topological polar surface area (TPSA) is 58.6 Å². The second-order valence-corrected chi connectivity index (χ2v) is 11.2. The molecule has 0 aromatic heterocycles. The van der Waals surface area contributed by atoms with Crippen molar-refractivity contribution < 1.29 is 14.3 Å². The first-order valence-electron chi connectivity index (χ1n) is 12.8. The highest BCUT2D eigenvalue weighted by Crippen LogP contribution is 2.65. The van der Waals surface area contributed by atoms with Gasteiger partial charge < -0.3 is 15.0 Å². The van der Waals surface area contributed by atoms with E-state index < -0.39 is 0 Å². The van der Waals surface area contributed by atoms with Gasteiger partial charge in [0.15, 0.2) is 0 Å². The van der Waals surface area contributed by atoms with Crippen LogP contribution in [0.1, 0.15) is 59.3 Å². The van der Waals surface area contributed by atoms with E-state index in [1.807, 2.05) is 30.3 Å². The summed E-state index contributed by atoms with van der Waals surface area (Å²) in [5.74, 6) is 2.85. The van der Waals surface area contributed by atoms with E-state index >= 15 is 0 Å². The summed E-state index contributed by atoms with van der Waals surface area (Å²) in [6, 6.07) is 7.98. The minimum absolute atomic E-state index is 0.0366. The average Bonchev–Trinajstić information content (AvgIpc) is 3.17.